The molecule has 3 rings (SSSR count). The number of rotatable bonds is 4. The van der Waals surface area contributed by atoms with Gasteiger partial charge in [-0.05, 0) is 48.7 Å². The summed E-state index contributed by atoms with van der Waals surface area (Å²) in [6, 6.07) is 14.7. The van der Waals surface area contributed by atoms with Crippen molar-refractivity contribution in [3.63, 3.8) is 0 Å². The second kappa shape index (κ2) is 8.13. The maximum Gasteiger partial charge on any atom is 0.253 e. The van der Waals surface area contributed by atoms with Gasteiger partial charge in [-0.15, -0.1) is 0 Å². The van der Waals surface area contributed by atoms with Crippen LogP contribution in [0.25, 0.3) is 0 Å². The molecule has 0 atom stereocenters. The number of hydrogen-bond acceptors (Lipinski definition) is 2. The molecular weight excluding hydrogens is 360 g/mol. The molecular formula is C22H25ClN2O2. The third-order valence-corrected chi connectivity index (χ3v) is 5.53. The number of anilines is 1. The van der Waals surface area contributed by atoms with Crippen LogP contribution in [0, 0.1) is 0 Å². The first-order valence-corrected chi connectivity index (χ1v) is 9.69. The van der Waals surface area contributed by atoms with Crippen molar-refractivity contribution in [3.05, 3.63) is 64.7 Å². The third-order valence-electron chi connectivity index (χ3n) is 5.29. The topological polar surface area (TPSA) is 49.4 Å². The second-order valence-electron chi connectivity index (χ2n) is 7.39. The van der Waals surface area contributed by atoms with Gasteiger partial charge in [0, 0.05) is 30.4 Å². The Morgan fingerprint density at radius 2 is 1.70 bits per heavy atom. The van der Waals surface area contributed by atoms with Crippen LogP contribution in [0.1, 0.15) is 48.0 Å². The molecule has 2 aromatic rings. The molecule has 1 aliphatic carbocycles. The average molecular weight is 385 g/mol. The van der Waals surface area contributed by atoms with Crippen molar-refractivity contribution in [3.8, 4) is 0 Å². The van der Waals surface area contributed by atoms with Crippen LogP contribution >= 0.6 is 11.6 Å². The van der Waals surface area contributed by atoms with Crippen LogP contribution in [0.15, 0.2) is 48.5 Å². The maximum absolute atomic E-state index is 13.4. The van der Waals surface area contributed by atoms with E-state index in [0.717, 1.165) is 37.7 Å². The molecule has 5 heteroatoms. The second-order valence-corrected chi connectivity index (χ2v) is 7.82. The molecule has 0 saturated heterocycles. The van der Waals surface area contributed by atoms with Gasteiger partial charge in [0.05, 0.1) is 5.41 Å². The Bertz CT molecular complexity index is 842. The summed E-state index contributed by atoms with van der Waals surface area (Å²) >= 11 is 6.20. The number of benzene rings is 2. The third kappa shape index (κ3) is 4.16. The van der Waals surface area contributed by atoms with Crippen molar-refractivity contribution >= 4 is 29.1 Å². The molecule has 1 fully saturated rings. The van der Waals surface area contributed by atoms with Crippen LogP contribution in [0.3, 0.4) is 0 Å². The lowest BCUT2D eigenvalue weighted by Crippen LogP contribution is -2.42. The van der Waals surface area contributed by atoms with Crippen molar-refractivity contribution < 1.29 is 9.59 Å². The molecule has 1 aliphatic rings. The van der Waals surface area contributed by atoms with Crippen LogP contribution in [0.4, 0.5) is 5.69 Å². The fourth-order valence-electron chi connectivity index (χ4n) is 3.83. The lowest BCUT2D eigenvalue weighted by atomic mass is 9.68. The smallest absolute Gasteiger partial charge is 0.253 e. The molecule has 0 spiro atoms. The summed E-state index contributed by atoms with van der Waals surface area (Å²) in [6.07, 6.45) is 4.77. The molecule has 1 saturated carbocycles. The van der Waals surface area contributed by atoms with E-state index in [4.69, 9.17) is 11.6 Å². The van der Waals surface area contributed by atoms with Gasteiger partial charge in [0.15, 0.2) is 0 Å². The quantitative estimate of drug-likeness (QED) is 0.816. The van der Waals surface area contributed by atoms with Gasteiger partial charge in [0.1, 0.15) is 0 Å². The molecule has 0 aliphatic heterocycles. The van der Waals surface area contributed by atoms with Crippen molar-refractivity contribution in [2.24, 2.45) is 0 Å². The van der Waals surface area contributed by atoms with Crippen molar-refractivity contribution in [2.75, 3.05) is 19.4 Å². The Hall–Kier alpha value is -2.33. The standard InChI is InChI=1S/C22H25ClN2O2/c1-25(2)20(26)16-8-6-11-19(14-16)24-21(27)22(12-4-3-5-13-22)17-9-7-10-18(23)15-17/h6-11,14-15H,3-5,12-13H2,1-2H3,(H,24,27). The molecule has 1 N–H and O–H groups in total. The Labute approximate surface area is 165 Å². The number of nitrogens with zero attached hydrogens (tertiary/aromatic N) is 1. The molecule has 0 bridgehead atoms. The van der Waals surface area contributed by atoms with Crippen LogP contribution in [-0.4, -0.2) is 30.8 Å². The average Bonchev–Trinajstić information content (AvgIpc) is 2.68. The number of amides is 2. The van der Waals surface area contributed by atoms with Crippen LogP contribution < -0.4 is 5.32 Å². The molecule has 0 aromatic heterocycles. The van der Waals surface area contributed by atoms with Gasteiger partial charge in [-0.2, -0.15) is 0 Å². The molecule has 0 unspecified atom stereocenters. The van der Waals surface area contributed by atoms with Crippen molar-refractivity contribution in [2.45, 2.75) is 37.5 Å². The zero-order valence-corrected chi connectivity index (χ0v) is 16.6. The first-order valence-electron chi connectivity index (χ1n) is 9.32. The lowest BCUT2D eigenvalue weighted by molar-refractivity contribution is -0.122. The van der Waals surface area contributed by atoms with Gasteiger partial charge in [0.2, 0.25) is 5.91 Å². The number of halogens is 1. The highest BCUT2D eigenvalue weighted by molar-refractivity contribution is 6.30. The molecule has 0 radical (unpaired) electrons. The summed E-state index contributed by atoms with van der Waals surface area (Å²) in [4.78, 5) is 27.1. The summed E-state index contributed by atoms with van der Waals surface area (Å²) in [5.74, 6) is -0.118. The van der Waals surface area contributed by atoms with E-state index in [9.17, 15) is 9.59 Å². The van der Waals surface area contributed by atoms with Crippen LogP contribution in [0.2, 0.25) is 5.02 Å². The predicted octanol–water partition coefficient (Wildman–Crippen LogP) is 4.88. The molecule has 2 aromatic carbocycles. The van der Waals surface area contributed by atoms with Gasteiger partial charge in [-0.3, -0.25) is 9.59 Å². The minimum Gasteiger partial charge on any atom is -0.345 e. The van der Waals surface area contributed by atoms with E-state index < -0.39 is 5.41 Å². The van der Waals surface area contributed by atoms with E-state index in [1.54, 1.807) is 32.3 Å². The number of hydrogen-bond donors (Lipinski definition) is 1. The van der Waals surface area contributed by atoms with E-state index in [1.807, 2.05) is 30.3 Å². The Balaban J connectivity index is 1.90. The highest BCUT2D eigenvalue weighted by atomic mass is 35.5. The largest absolute Gasteiger partial charge is 0.345 e. The molecule has 27 heavy (non-hydrogen) atoms. The Kier molecular flexibility index (Phi) is 5.85. The molecule has 0 heterocycles. The molecule has 2 amide bonds. The zero-order valence-electron chi connectivity index (χ0n) is 15.8. The van der Waals surface area contributed by atoms with Gasteiger partial charge in [-0.25, -0.2) is 0 Å². The Morgan fingerprint density at radius 1 is 1.00 bits per heavy atom. The lowest BCUT2D eigenvalue weighted by Gasteiger charge is -2.36. The monoisotopic (exact) mass is 384 g/mol. The van der Waals surface area contributed by atoms with E-state index >= 15 is 0 Å². The minimum atomic E-state index is -0.579. The first kappa shape index (κ1) is 19.4. The normalized spacial score (nSPS) is 15.8. The van der Waals surface area contributed by atoms with E-state index in [1.165, 1.54) is 4.90 Å². The van der Waals surface area contributed by atoms with E-state index in [-0.39, 0.29) is 11.8 Å². The molecule has 4 nitrogen and oxygen atoms in total. The summed E-state index contributed by atoms with van der Waals surface area (Å²) < 4.78 is 0. The first-order chi connectivity index (χ1) is 12.9. The van der Waals surface area contributed by atoms with Crippen LogP contribution in [-0.2, 0) is 10.2 Å². The summed E-state index contributed by atoms with van der Waals surface area (Å²) in [6.45, 7) is 0. The Morgan fingerprint density at radius 3 is 2.37 bits per heavy atom. The van der Waals surface area contributed by atoms with Gasteiger partial charge >= 0.3 is 0 Å². The minimum absolute atomic E-state index is 0.0288. The fourth-order valence-corrected chi connectivity index (χ4v) is 4.02. The van der Waals surface area contributed by atoms with E-state index in [0.29, 0.717) is 16.3 Å². The summed E-state index contributed by atoms with van der Waals surface area (Å²) in [7, 11) is 3.42. The highest BCUT2D eigenvalue weighted by Gasteiger charge is 2.41. The fraction of sp³-hybridized carbons (Fsp3) is 0.364. The number of carbonyl (C=O) groups excluding carboxylic acids is 2. The maximum atomic E-state index is 13.4. The predicted molar refractivity (Wildman–Crippen MR) is 109 cm³/mol. The van der Waals surface area contributed by atoms with Crippen molar-refractivity contribution in [1.29, 1.82) is 0 Å². The zero-order chi connectivity index (χ0) is 19.4. The van der Waals surface area contributed by atoms with Gasteiger partial charge < -0.3 is 10.2 Å². The van der Waals surface area contributed by atoms with Gasteiger partial charge in [-0.1, -0.05) is 49.1 Å². The summed E-state index contributed by atoms with van der Waals surface area (Å²) in [5, 5.41) is 3.69. The summed E-state index contributed by atoms with van der Waals surface area (Å²) in [5.41, 5.74) is 1.58. The van der Waals surface area contributed by atoms with Gasteiger partial charge in [0.25, 0.3) is 5.91 Å². The SMILES string of the molecule is CN(C)C(=O)c1cccc(NC(=O)C2(c3cccc(Cl)c3)CCCCC2)c1. The number of nitrogens with one attached hydrogen (secondary N) is 1. The molecule has 142 valence electrons. The van der Waals surface area contributed by atoms with Crippen molar-refractivity contribution in [1.82, 2.24) is 4.90 Å². The highest BCUT2D eigenvalue weighted by Crippen LogP contribution is 2.41. The van der Waals surface area contributed by atoms with E-state index in [2.05, 4.69) is 5.32 Å². The number of carbonyl (C=O) groups is 2. The van der Waals surface area contributed by atoms with Crippen LogP contribution in [0.5, 0.6) is 0 Å².